The standard InChI is InChI=1S/C10H19N3/c1-9(10(2,3)4)13-12-8-6-5-7-11/h7-8,11H,5-6H2,1-4H3/b11-7?,12-8+,13-9-. The molecule has 0 aliphatic carbocycles. The predicted molar refractivity (Wildman–Crippen MR) is 59.1 cm³/mol. The van der Waals surface area contributed by atoms with Crippen molar-refractivity contribution >= 4 is 18.1 Å². The van der Waals surface area contributed by atoms with Gasteiger partial charge in [0.25, 0.3) is 0 Å². The van der Waals surface area contributed by atoms with Gasteiger partial charge in [-0.15, -0.1) is 0 Å². The molecule has 74 valence electrons. The van der Waals surface area contributed by atoms with Crippen LogP contribution >= 0.6 is 0 Å². The van der Waals surface area contributed by atoms with Crippen molar-refractivity contribution in [2.45, 2.75) is 40.5 Å². The monoisotopic (exact) mass is 181 g/mol. The van der Waals surface area contributed by atoms with E-state index in [2.05, 4.69) is 31.0 Å². The fourth-order valence-corrected chi connectivity index (χ4v) is 0.493. The Morgan fingerprint density at radius 1 is 1.31 bits per heavy atom. The lowest BCUT2D eigenvalue weighted by atomic mass is 9.91. The normalized spacial score (nSPS) is 13.7. The maximum Gasteiger partial charge on any atom is 0.0428 e. The molecule has 0 rings (SSSR count). The highest BCUT2D eigenvalue weighted by molar-refractivity contribution is 5.87. The van der Waals surface area contributed by atoms with Gasteiger partial charge in [0.15, 0.2) is 0 Å². The molecule has 0 spiro atoms. The van der Waals surface area contributed by atoms with Crippen molar-refractivity contribution in [3.63, 3.8) is 0 Å². The van der Waals surface area contributed by atoms with Gasteiger partial charge in [-0.05, 0) is 26.0 Å². The smallest absolute Gasteiger partial charge is 0.0428 e. The Kier molecular flexibility index (Phi) is 5.19. The Balaban J connectivity index is 3.96. The first kappa shape index (κ1) is 12.0. The highest BCUT2D eigenvalue weighted by atomic mass is 15.2. The van der Waals surface area contributed by atoms with Gasteiger partial charge in [-0.3, -0.25) is 0 Å². The molecule has 0 aromatic carbocycles. The summed E-state index contributed by atoms with van der Waals surface area (Å²) in [5.41, 5.74) is 1.12. The van der Waals surface area contributed by atoms with Crippen LogP contribution in [0, 0.1) is 10.8 Å². The van der Waals surface area contributed by atoms with E-state index in [0.717, 1.165) is 18.6 Å². The lowest BCUT2D eigenvalue weighted by Crippen LogP contribution is -2.16. The van der Waals surface area contributed by atoms with Gasteiger partial charge in [0, 0.05) is 17.3 Å². The third-order valence-corrected chi connectivity index (χ3v) is 1.81. The molecule has 0 atom stereocenters. The quantitative estimate of drug-likeness (QED) is 0.394. The molecule has 0 aromatic rings. The predicted octanol–water partition coefficient (Wildman–Crippen LogP) is 2.91. The van der Waals surface area contributed by atoms with E-state index >= 15 is 0 Å². The fourth-order valence-electron chi connectivity index (χ4n) is 0.493. The van der Waals surface area contributed by atoms with Gasteiger partial charge in [-0.1, -0.05) is 20.8 Å². The molecular formula is C10H19N3. The summed E-state index contributed by atoms with van der Waals surface area (Å²) in [5, 5.41) is 14.8. The maximum atomic E-state index is 6.80. The lowest BCUT2D eigenvalue weighted by Gasteiger charge is -2.15. The molecule has 0 amide bonds. The molecule has 13 heavy (non-hydrogen) atoms. The molecule has 0 heterocycles. The van der Waals surface area contributed by atoms with Gasteiger partial charge < -0.3 is 5.41 Å². The van der Waals surface area contributed by atoms with E-state index in [1.807, 2.05) is 6.92 Å². The molecule has 0 fully saturated rings. The van der Waals surface area contributed by atoms with E-state index in [1.54, 1.807) is 6.21 Å². The van der Waals surface area contributed by atoms with Crippen LogP contribution < -0.4 is 0 Å². The summed E-state index contributed by atoms with van der Waals surface area (Å²) in [6, 6.07) is 0. The van der Waals surface area contributed by atoms with Crippen LogP contribution in [0.15, 0.2) is 10.2 Å². The van der Waals surface area contributed by atoms with E-state index in [4.69, 9.17) is 5.41 Å². The topological polar surface area (TPSA) is 48.6 Å². The van der Waals surface area contributed by atoms with Crippen LogP contribution in [0.25, 0.3) is 0 Å². The SMILES string of the molecule is C/C(=N/N=C/CCC=N)C(C)(C)C. The van der Waals surface area contributed by atoms with E-state index in [1.165, 1.54) is 6.21 Å². The molecule has 0 bridgehead atoms. The average Bonchev–Trinajstić information content (AvgIpc) is 2.02. The summed E-state index contributed by atoms with van der Waals surface area (Å²) in [6.45, 7) is 8.31. The van der Waals surface area contributed by atoms with E-state index in [9.17, 15) is 0 Å². The molecule has 1 N–H and O–H groups in total. The van der Waals surface area contributed by atoms with Gasteiger partial charge >= 0.3 is 0 Å². The average molecular weight is 181 g/mol. The molecule has 3 nitrogen and oxygen atoms in total. The molecule has 0 unspecified atom stereocenters. The van der Waals surface area contributed by atoms with Gasteiger partial charge in [0.1, 0.15) is 0 Å². The lowest BCUT2D eigenvalue weighted by molar-refractivity contribution is 0.585. The zero-order valence-electron chi connectivity index (χ0n) is 8.96. The third kappa shape index (κ3) is 6.20. The summed E-state index contributed by atoms with van der Waals surface area (Å²) in [5.74, 6) is 0. The molecule has 0 saturated heterocycles. The van der Waals surface area contributed by atoms with E-state index in [0.29, 0.717) is 0 Å². The van der Waals surface area contributed by atoms with Crippen LogP contribution in [0.1, 0.15) is 40.5 Å². The molecule has 0 aliphatic rings. The first-order valence-corrected chi connectivity index (χ1v) is 4.54. The summed E-state index contributed by atoms with van der Waals surface area (Å²) < 4.78 is 0. The molecule has 0 aromatic heterocycles. The Hall–Kier alpha value is -0.990. The van der Waals surface area contributed by atoms with Crippen LogP contribution in [0.4, 0.5) is 0 Å². The van der Waals surface area contributed by atoms with Crippen molar-refractivity contribution < 1.29 is 0 Å². The Morgan fingerprint density at radius 2 is 1.92 bits per heavy atom. The molecule has 0 saturated carbocycles. The second kappa shape index (κ2) is 5.62. The summed E-state index contributed by atoms with van der Waals surface area (Å²) in [4.78, 5) is 0. The van der Waals surface area contributed by atoms with Crippen molar-refractivity contribution in [2.24, 2.45) is 15.6 Å². The Labute approximate surface area is 80.5 Å². The zero-order chi connectivity index (χ0) is 10.3. The number of nitrogens with zero attached hydrogens (tertiary/aromatic N) is 2. The first-order valence-electron chi connectivity index (χ1n) is 4.54. The van der Waals surface area contributed by atoms with E-state index < -0.39 is 0 Å². The van der Waals surface area contributed by atoms with Gasteiger partial charge in [0.2, 0.25) is 0 Å². The van der Waals surface area contributed by atoms with Gasteiger partial charge in [0.05, 0.1) is 0 Å². The van der Waals surface area contributed by atoms with Crippen molar-refractivity contribution in [1.29, 1.82) is 5.41 Å². The first-order chi connectivity index (χ1) is 5.98. The minimum absolute atomic E-state index is 0.0961. The number of hydrogen-bond acceptors (Lipinski definition) is 3. The minimum Gasteiger partial charge on any atom is -0.313 e. The molecule has 0 aliphatic heterocycles. The Bertz CT molecular complexity index is 209. The second-order valence-electron chi connectivity index (χ2n) is 4.01. The maximum absolute atomic E-state index is 6.80. The zero-order valence-corrected chi connectivity index (χ0v) is 8.96. The van der Waals surface area contributed by atoms with Crippen molar-refractivity contribution in [1.82, 2.24) is 0 Å². The second-order valence-corrected chi connectivity index (χ2v) is 4.01. The molecular weight excluding hydrogens is 162 g/mol. The van der Waals surface area contributed by atoms with Crippen LogP contribution in [-0.2, 0) is 0 Å². The largest absolute Gasteiger partial charge is 0.313 e. The highest BCUT2D eigenvalue weighted by Gasteiger charge is 2.13. The van der Waals surface area contributed by atoms with Crippen LogP contribution in [-0.4, -0.2) is 18.1 Å². The van der Waals surface area contributed by atoms with E-state index in [-0.39, 0.29) is 5.41 Å². The van der Waals surface area contributed by atoms with Crippen molar-refractivity contribution in [2.75, 3.05) is 0 Å². The fraction of sp³-hybridized carbons (Fsp3) is 0.700. The number of unbranched alkanes of at least 4 members (excludes halogenated alkanes) is 1. The molecule has 0 radical (unpaired) electrons. The molecule has 3 heteroatoms. The van der Waals surface area contributed by atoms with Crippen molar-refractivity contribution in [3.05, 3.63) is 0 Å². The third-order valence-electron chi connectivity index (χ3n) is 1.81. The van der Waals surface area contributed by atoms with Crippen LogP contribution in [0.2, 0.25) is 0 Å². The number of nitrogens with one attached hydrogen (secondary N) is 1. The summed E-state index contributed by atoms with van der Waals surface area (Å²) in [7, 11) is 0. The van der Waals surface area contributed by atoms with Crippen LogP contribution in [0.5, 0.6) is 0 Å². The van der Waals surface area contributed by atoms with Gasteiger partial charge in [-0.25, -0.2) is 0 Å². The minimum atomic E-state index is 0.0961. The number of rotatable bonds is 4. The highest BCUT2D eigenvalue weighted by Crippen LogP contribution is 2.15. The Morgan fingerprint density at radius 3 is 2.38 bits per heavy atom. The van der Waals surface area contributed by atoms with Crippen molar-refractivity contribution in [3.8, 4) is 0 Å². The summed E-state index contributed by atoms with van der Waals surface area (Å²) >= 11 is 0. The number of hydrogen-bond donors (Lipinski definition) is 1. The summed E-state index contributed by atoms with van der Waals surface area (Å²) in [6.07, 6.45) is 4.67. The van der Waals surface area contributed by atoms with Gasteiger partial charge in [-0.2, -0.15) is 10.2 Å². The van der Waals surface area contributed by atoms with Crippen LogP contribution in [0.3, 0.4) is 0 Å².